The van der Waals surface area contributed by atoms with E-state index in [0.717, 1.165) is 30.6 Å². The standard InChI is InChI=1S/C25H28N2O5S/c1-16-12-17(2)15-27(14-16)25-24(26-23(32-25)20-7-5-4-6-18(20)3)33(28,29)19-8-9-21-22(13-19)31-11-10-30-21/h4-9,13,16-17H,10-12,14-15H2,1-3H3. The number of aryl methyl sites for hydroxylation is 1. The lowest BCUT2D eigenvalue weighted by Gasteiger charge is -2.34. The third-order valence-corrected chi connectivity index (χ3v) is 7.84. The van der Waals surface area contributed by atoms with Crippen LogP contribution in [0.15, 0.2) is 56.8 Å². The number of hydrogen-bond donors (Lipinski definition) is 0. The molecular weight excluding hydrogens is 440 g/mol. The Morgan fingerprint density at radius 3 is 2.39 bits per heavy atom. The van der Waals surface area contributed by atoms with Gasteiger partial charge in [-0.25, -0.2) is 8.42 Å². The molecule has 174 valence electrons. The zero-order valence-electron chi connectivity index (χ0n) is 19.1. The highest BCUT2D eigenvalue weighted by molar-refractivity contribution is 7.91. The molecule has 0 N–H and O–H groups in total. The summed E-state index contributed by atoms with van der Waals surface area (Å²) in [5.41, 5.74) is 1.74. The van der Waals surface area contributed by atoms with E-state index in [1.54, 1.807) is 6.07 Å². The van der Waals surface area contributed by atoms with Crippen molar-refractivity contribution < 1.29 is 22.3 Å². The van der Waals surface area contributed by atoms with E-state index >= 15 is 0 Å². The number of aromatic nitrogens is 1. The molecule has 8 heteroatoms. The Morgan fingerprint density at radius 2 is 1.67 bits per heavy atom. The summed E-state index contributed by atoms with van der Waals surface area (Å²) in [6.07, 6.45) is 1.10. The van der Waals surface area contributed by atoms with E-state index in [1.807, 2.05) is 36.1 Å². The first-order chi connectivity index (χ1) is 15.8. The topological polar surface area (TPSA) is 81.9 Å². The Hall–Kier alpha value is -3.00. The molecule has 2 aliphatic heterocycles. The summed E-state index contributed by atoms with van der Waals surface area (Å²) >= 11 is 0. The van der Waals surface area contributed by atoms with Crippen LogP contribution in [-0.2, 0) is 9.84 Å². The lowest BCUT2D eigenvalue weighted by Crippen LogP contribution is -2.39. The van der Waals surface area contributed by atoms with Crippen LogP contribution in [0.5, 0.6) is 11.5 Å². The van der Waals surface area contributed by atoms with E-state index in [9.17, 15) is 8.42 Å². The van der Waals surface area contributed by atoms with E-state index < -0.39 is 9.84 Å². The first-order valence-corrected chi connectivity index (χ1v) is 12.8. The van der Waals surface area contributed by atoms with Gasteiger partial charge in [-0.3, -0.25) is 0 Å². The molecule has 1 aromatic heterocycles. The van der Waals surface area contributed by atoms with Gasteiger partial charge >= 0.3 is 0 Å². The SMILES string of the molecule is Cc1ccccc1-c1nc(S(=O)(=O)c2ccc3c(c2)OCCO3)c(N2CC(C)CC(C)C2)o1. The maximum atomic E-state index is 13.8. The second kappa shape index (κ2) is 8.41. The Kier molecular flexibility index (Phi) is 5.56. The first kappa shape index (κ1) is 21.8. The third kappa shape index (κ3) is 4.08. The van der Waals surface area contributed by atoms with Crippen molar-refractivity contribution in [1.29, 1.82) is 0 Å². The molecule has 33 heavy (non-hydrogen) atoms. The molecule has 1 fully saturated rings. The molecule has 7 nitrogen and oxygen atoms in total. The van der Waals surface area contributed by atoms with Gasteiger partial charge in [-0.15, -0.1) is 0 Å². The minimum atomic E-state index is -3.97. The Balaban J connectivity index is 1.64. The maximum absolute atomic E-state index is 13.8. The van der Waals surface area contributed by atoms with Gasteiger partial charge in [-0.2, -0.15) is 4.98 Å². The molecule has 2 aliphatic rings. The maximum Gasteiger partial charge on any atom is 0.236 e. The summed E-state index contributed by atoms with van der Waals surface area (Å²) < 4.78 is 45.0. The van der Waals surface area contributed by atoms with Gasteiger partial charge in [0, 0.05) is 24.7 Å². The predicted octanol–water partition coefficient (Wildman–Crippen LogP) is 4.74. The van der Waals surface area contributed by atoms with E-state index in [-0.39, 0.29) is 9.92 Å². The summed E-state index contributed by atoms with van der Waals surface area (Å²) in [5, 5.41) is -0.0567. The molecule has 5 rings (SSSR count). The molecular formula is C25H28N2O5S. The van der Waals surface area contributed by atoms with E-state index in [0.29, 0.717) is 48.3 Å². The molecule has 2 atom stereocenters. The molecule has 0 radical (unpaired) electrons. The molecule has 0 saturated carbocycles. The number of anilines is 1. The van der Waals surface area contributed by atoms with Crippen molar-refractivity contribution in [2.75, 3.05) is 31.2 Å². The molecule has 2 unspecified atom stereocenters. The normalized spacial score (nSPS) is 20.6. The van der Waals surface area contributed by atoms with Crippen LogP contribution >= 0.6 is 0 Å². The average Bonchev–Trinajstić information content (AvgIpc) is 3.25. The molecule has 0 aliphatic carbocycles. The lowest BCUT2D eigenvalue weighted by molar-refractivity contribution is 0.171. The lowest BCUT2D eigenvalue weighted by atomic mass is 9.92. The fourth-order valence-electron chi connectivity index (χ4n) is 4.73. The number of ether oxygens (including phenoxy) is 2. The minimum absolute atomic E-state index is 0.0567. The summed E-state index contributed by atoms with van der Waals surface area (Å²) in [4.78, 5) is 6.69. The van der Waals surface area contributed by atoms with Crippen LogP contribution in [0, 0.1) is 18.8 Å². The van der Waals surface area contributed by atoms with Gasteiger partial charge < -0.3 is 18.8 Å². The highest BCUT2D eigenvalue weighted by Crippen LogP contribution is 2.40. The molecule has 0 amide bonds. The highest BCUT2D eigenvalue weighted by atomic mass is 32.2. The van der Waals surface area contributed by atoms with Crippen LogP contribution in [0.3, 0.4) is 0 Å². The van der Waals surface area contributed by atoms with E-state index in [2.05, 4.69) is 18.8 Å². The van der Waals surface area contributed by atoms with Gasteiger partial charge in [0.2, 0.25) is 26.6 Å². The van der Waals surface area contributed by atoms with E-state index in [1.165, 1.54) is 12.1 Å². The van der Waals surface area contributed by atoms with Gasteiger partial charge in [-0.05, 0) is 48.9 Å². The molecule has 3 heterocycles. The van der Waals surface area contributed by atoms with Crippen molar-refractivity contribution in [3.05, 3.63) is 48.0 Å². The van der Waals surface area contributed by atoms with Crippen molar-refractivity contribution in [3.8, 4) is 23.0 Å². The van der Waals surface area contributed by atoms with Crippen molar-refractivity contribution >= 4 is 15.7 Å². The first-order valence-electron chi connectivity index (χ1n) is 11.3. The number of hydrogen-bond acceptors (Lipinski definition) is 7. The average molecular weight is 469 g/mol. The zero-order chi connectivity index (χ0) is 23.2. The fraction of sp³-hybridized carbons (Fsp3) is 0.400. The third-order valence-electron chi connectivity index (χ3n) is 6.19. The van der Waals surface area contributed by atoms with Crippen LogP contribution in [-0.4, -0.2) is 39.7 Å². The minimum Gasteiger partial charge on any atom is -0.486 e. The fourth-order valence-corrected chi connectivity index (χ4v) is 6.07. The summed E-state index contributed by atoms with van der Waals surface area (Å²) in [5.74, 6) is 2.43. The second-order valence-electron chi connectivity index (χ2n) is 9.10. The molecule has 0 bridgehead atoms. The second-order valence-corrected chi connectivity index (χ2v) is 11.0. The summed E-state index contributed by atoms with van der Waals surface area (Å²) in [7, 11) is -3.97. The quantitative estimate of drug-likeness (QED) is 0.547. The molecule has 1 saturated heterocycles. The molecule has 3 aromatic rings. The van der Waals surface area contributed by atoms with Crippen LogP contribution in [0.2, 0.25) is 0 Å². The van der Waals surface area contributed by atoms with Gasteiger partial charge in [0.05, 0.1) is 4.90 Å². The van der Waals surface area contributed by atoms with Crippen LogP contribution in [0.25, 0.3) is 11.5 Å². The van der Waals surface area contributed by atoms with Gasteiger partial charge in [-0.1, -0.05) is 32.0 Å². The number of sulfone groups is 1. The largest absolute Gasteiger partial charge is 0.486 e. The van der Waals surface area contributed by atoms with Gasteiger partial charge in [0.15, 0.2) is 11.5 Å². The van der Waals surface area contributed by atoms with Crippen LogP contribution in [0.1, 0.15) is 25.8 Å². The number of nitrogens with zero attached hydrogens (tertiary/aromatic N) is 2. The van der Waals surface area contributed by atoms with Crippen molar-refractivity contribution in [1.82, 2.24) is 4.98 Å². The zero-order valence-corrected chi connectivity index (χ0v) is 19.9. The number of oxazole rings is 1. The van der Waals surface area contributed by atoms with Gasteiger partial charge in [0.1, 0.15) is 13.2 Å². The van der Waals surface area contributed by atoms with Crippen molar-refractivity contribution in [2.24, 2.45) is 11.8 Å². The van der Waals surface area contributed by atoms with Crippen LogP contribution in [0.4, 0.5) is 5.88 Å². The van der Waals surface area contributed by atoms with Crippen LogP contribution < -0.4 is 14.4 Å². The Bertz CT molecular complexity index is 1270. The monoisotopic (exact) mass is 468 g/mol. The summed E-state index contributed by atoms with van der Waals surface area (Å²) in [6.45, 7) is 8.57. The number of benzene rings is 2. The molecule has 2 aromatic carbocycles. The summed E-state index contributed by atoms with van der Waals surface area (Å²) in [6, 6.07) is 12.4. The van der Waals surface area contributed by atoms with Crippen molar-refractivity contribution in [3.63, 3.8) is 0 Å². The number of piperidine rings is 1. The van der Waals surface area contributed by atoms with Crippen molar-refractivity contribution in [2.45, 2.75) is 37.1 Å². The Labute approximate surface area is 194 Å². The Morgan fingerprint density at radius 1 is 0.970 bits per heavy atom. The number of rotatable bonds is 4. The van der Waals surface area contributed by atoms with Gasteiger partial charge in [0.25, 0.3) is 0 Å². The number of fused-ring (bicyclic) bond motifs is 1. The van der Waals surface area contributed by atoms with E-state index in [4.69, 9.17) is 13.9 Å². The highest BCUT2D eigenvalue weighted by Gasteiger charge is 2.35. The molecule has 0 spiro atoms. The predicted molar refractivity (Wildman–Crippen MR) is 125 cm³/mol. The smallest absolute Gasteiger partial charge is 0.236 e.